The third-order valence-electron chi connectivity index (χ3n) is 4.61. The summed E-state index contributed by atoms with van der Waals surface area (Å²) in [5.74, 6) is -0.995. The summed E-state index contributed by atoms with van der Waals surface area (Å²) in [5, 5.41) is 12.0. The van der Waals surface area contributed by atoms with Crippen LogP contribution in [0.3, 0.4) is 0 Å². The lowest BCUT2D eigenvalue weighted by atomic mass is 9.83. The Bertz CT molecular complexity index is 519. The molecule has 4 nitrogen and oxygen atoms in total. The maximum absolute atomic E-state index is 12.0. The summed E-state index contributed by atoms with van der Waals surface area (Å²) in [6.45, 7) is 2.93. The quantitative estimate of drug-likeness (QED) is 0.846. The highest BCUT2D eigenvalue weighted by Gasteiger charge is 2.32. The Labute approximate surface area is 125 Å². The second-order valence-corrected chi connectivity index (χ2v) is 6.02. The summed E-state index contributed by atoms with van der Waals surface area (Å²) in [7, 11) is 0. The van der Waals surface area contributed by atoms with Gasteiger partial charge in [0, 0.05) is 6.54 Å². The molecule has 0 aromatic heterocycles. The number of carbonyl (C=O) groups is 2. The Morgan fingerprint density at radius 3 is 2.62 bits per heavy atom. The van der Waals surface area contributed by atoms with Gasteiger partial charge in [0.1, 0.15) is 0 Å². The standard InChI is InChI=1S/C17H23NO3/c1-2-17(8-3-4-9-17)12-18-15(19)11-13-6-5-7-14(10-13)16(20)21/h5-7,10H,2-4,8-9,11-12H2,1H3,(H,18,19)(H,20,21). The fourth-order valence-electron chi connectivity index (χ4n) is 3.13. The van der Waals surface area contributed by atoms with Crippen molar-refractivity contribution in [2.75, 3.05) is 6.54 Å². The summed E-state index contributed by atoms with van der Waals surface area (Å²) in [6.07, 6.45) is 6.23. The molecule has 0 spiro atoms. The molecule has 1 aliphatic carbocycles. The fourth-order valence-corrected chi connectivity index (χ4v) is 3.13. The molecule has 4 heteroatoms. The van der Waals surface area contributed by atoms with E-state index in [4.69, 9.17) is 5.11 Å². The predicted molar refractivity (Wildman–Crippen MR) is 81.3 cm³/mol. The van der Waals surface area contributed by atoms with Gasteiger partial charge in [-0.05, 0) is 42.4 Å². The van der Waals surface area contributed by atoms with Crippen LogP contribution < -0.4 is 5.32 Å². The Hall–Kier alpha value is -1.84. The molecule has 1 amide bonds. The minimum Gasteiger partial charge on any atom is -0.478 e. The number of carboxylic acids is 1. The molecule has 0 radical (unpaired) electrons. The van der Waals surface area contributed by atoms with Crippen LogP contribution in [0.15, 0.2) is 24.3 Å². The Balaban J connectivity index is 1.90. The normalized spacial score (nSPS) is 16.6. The first kappa shape index (κ1) is 15.5. The van der Waals surface area contributed by atoms with E-state index in [2.05, 4.69) is 12.2 Å². The second kappa shape index (κ2) is 6.74. The van der Waals surface area contributed by atoms with E-state index >= 15 is 0 Å². The molecule has 1 saturated carbocycles. The second-order valence-electron chi connectivity index (χ2n) is 6.02. The lowest BCUT2D eigenvalue weighted by Gasteiger charge is -2.27. The van der Waals surface area contributed by atoms with Crippen LogP contribution in [0.1, 0.15) is 54.9 Å². The van der Waals surface area contributed by atoms with Crippen LogP contribution in [0.4, 0.5) is 0 Å². The molecule has 1 aromatic carbocycles. The van der Waals surface area contributed by atoms with Crippen LogP contribution in [0, 0.1) is 5.41 Å². The lowest BCUT2D eigenvalue weighted by Crippen LogP contribution is -2.36. The van der Waals surface area contributed by atoms with Crippen LogP contribution in [-0.2, 0) is 11.2 Å². The van der Waals surface area contributed by atoms with Gasteiger partial charge in [-0.1, -0.05) is 31.9 Å². The highest BCUT2D eigenvalue weighted by Crippen LogP contribution is 2.40. The van der Waals surface area contributed by atoms with Gasteiger partial charge in [-0.3, -0.25) is 4.79 Å². The molecule has 0 saturated heterocycles. The van der Waals surface area contributed by atoms with Gasteiger partial charge in [-0.2, -0.15) is 0 Å². The number of nitrogens with one attached hydrogen (secondary N) is 1. The van der Waals surface area contributed by atoms with Crippen molar-refractivity contribution in [3.8, 4) is 0 Å². The molecule has 0 atom stereocenters. The molecule has 1 fully saturated rings. The highest BCUT2D eigenvalue weighted by atomic mass is 16.4. The van der Waals surface area contributed by atoms with Crippen molar-refractivity contribution in [2.24, 2.45) is 5.41 Å². The molecule has 0 unspecified atom stereocenters. The van der Waals surface area contributed by atoms with Crippen molar-refractivity contribution in [3.63, 3.8) is 0 Å². The minimum absolute atomic E-state index is 0.0303. The lowest BCUT2D eigenvalue weighted by molar-refractivity contribution is -0.121. The number of benzene rings is 1. The zero-order valence-electron chi connectivity index (χ0n) is 12.5. The number of amides is 1. The molecule has 1 aliphatic rings. The molecule has 0 bridgehead atoms. The van der Waals surface area contributed by atoms with Crippen molar-refractivity contribution in [2.45, 2.75) is 45.4 Å². The predicted octanol–water partition coefficient (Wildman–Crippen LogP) is 3.01. The number of aromatic carboxylic acids is 1. The molecular formula is C17H23NO3. The first-order valence-electron chi connectivity index (χ1n) is 7.64. The first-order valence-corrected chi connectivity index (χ1v) is 7.64. The molecule has 2 N–H and O–H groups in total. The van der Waals surface area contributed by atoms with Gasteiger partial charge in [0.2, 0.25) is 5.91 Å². The van der Waals surface area contributed by atoms with Gasteiger partial charge in [-0.25, -0.2) is 4.79 Å². The number of hydrogen-bond donors (Lipinski definition) is 2. The highest BCUT2D eigenvalue weighted by molar-refractivity contribution is 5.88. The van der Waals surface area contributed by atoms with Crippen molar-refractivity contribution in [1.82, 2.24) is 5.32 Å². The Kier molecular flexibility index (Phi) is 4.99. The van der Waals surface area contributed by atoms with Gasteiger partial charge in [-0.15, -0.1) is 0 Å². The number of hydrogen-bond acceptors (Lipinski definition) is 2. The van der Waals surface area contributed by atoms with E-state index in [9.17, 15) is 9.59 Å². The largest absolute Gasteiger partial charge is 0.478 e. The topological polar surface area (TPSA) is 66.4 Å². The molecule has 1 aromatic rings. The smallest absolute Gasteiger partial charge is 0.335 e. The third kappa shape index (κ3) is 4.06. The van der Waals surface area contributed by atoms with Crippen molar-refractivity contribution >= 4 is 11.9 Å². The summed E-state index contributed by atoms with van der Waals surface area (Å²) in [5.41, 5.74) is 1.24. The third-order valence-corrected chi connectivity index (χ3v) is 4.61. The van der Waals surface area contributed by atoms with E-state index < -0.39 is 5.97 Å². The van der Waals surface area contributed by atoms with E-state index in [1.165, 1.54) is 31.7 Å². The molecule has 0 aliphatic heterocycles. The van der Waals surface area contributed by atoms with E-state index in [0.717, 1.165) is 18.5 Å². The van der Waals surface area contributed by atoms with E-state index in [1.807, 2.05) is 0 Å². The van der Waals surface area contributed by atoms with E-state index in [0.29, 0.717) is 0 Å². The van der Waals surface area contributed by atoms with Gasteiger partial charge >= 0.3 is 5.97 Å². The molecular weight excluding hydrogens is 266 g/mol. The average molecular weight is 289 g/mol. The monoisotopic (exact) mass is 289 g/mol. The Morgan fingerprint density at radius 1 is 1.29 bits per heavy atom. The fraction of sp³-hybridized carbons (Fsp3) is 0.529. The van der Waals surface area contributed by atoms with E-state index in [1.54, 1.807) is 18.2 Å². The van der Waals surface area contributed by atoms with Crippen LogP contribution in [0.2, 0.25) is 0 Å². The SMILES string of the molecule is CCC1(CNC(=O)Cc2cccc(C(=O)O)c2)CCCC1. The average Bonchev–Trinajstić information content (AvgIpc) is 2.95. The summed E-state index contributed by atoms with van der Waals surface area (Å²) >= 11 is 0. The van der Waals surface area contributed by atoms with Gasteiger partial charge in [0.15, 0.2) is 0 Å². The van der Waals surface area contributed by atoms with Gasteiger partial charge < -0.3 is 10.4 Å². The number of carboxylic acid groups (broad SMARTS) is 1. The van der Waals surface area contributed by atoms with E-state index in [-0.39, 0.29) is 23.3 Å². The van der Waals surface area contributed by atoms with Gasteiger partial charge in [0.25, 0.3) is 0 Å². The number of carbonyl (C=O) groups excluding carboxylic acids is 1. The molecule has 21 heavy (non-hydrogen) atoms. The van der Waals surface area contributed by atoms with Crippen LogP contribution in [-0.4, -0.2) is 23.5 Å². The minimum atomic E-state index is -0.965. The molecule has 0 heterocycles. The summed E-state index contributed by atoms with van der Waals surface area (Å²) in [4.78, 5) is 23.0. The van der Waals surface area contributed by atoms with Crippen LogP contribution in [0.5, 0.6) is 0 Å². The van der Waals surface area contributed by atoms with Crippen LogP contribution >= 0.6 is 0 Å². The van der Waals surface area contributed by atoms with Crippen molar-refractivity contribution in [3.05, 3.63) is 35.4 Å². The maximum atomic E-state index is 12.0. The number of rotatable bonds is 6. The summed E-state index contributed by atoms with van der Waals surface area (Å²) < 4.78 is 0. The van der Waals surface area contributed by atoms with Crippen LogP contribution in [0.25, 0.3) is 0 Å². The maximum Gasteiger partial charge on any atom is 0.335 e. The van der Waals surface area contributed by atoms with Crippen molar-refractivity contribution in [1.29, 1.82) is 0 Å². The molecule has 114 valence electrons. The van der Waals surface area contributed by atoms with Crippen molar-refractivity contribution < 1.29 is 14.7 Å². The van der Waals surface area contributed by atoms with Gasteiger partial charge in [0.05, 0.1) is 12.0 Å². The zero-order valence-corrected chi connectivity index (χ0v) is 12.5. The first-order chi connectivity index (χ1) is 10.0. The zero-order chi connectivity index (χ0) is 15.3. The Morgan fingerprint density at radius 2 is 2.00 bits per heavy atom. The molecule has 2 rings (SSSR count). The summed E-state index contributed by atoms with van der Waals surface area (Å²) in [6, 6.07) is 6.56.